The van der Waals surface area contributed by atoms with E-state index in [1.807, 2.05) is 113 Å². The predicted octanol–water partition coefficient (Wildman–Crippen LogP) is 7.53. The summed E-state index contributed by atoms with van der Waals surface area (Å²) in [5, 5.41) is 4.79. The number of hydrogen-bond donors (Lipinski definition) is 0. The van der Waals surface area contributed by atoms with Crippen LogP contribution < -0.4 is 0 Å². The Morgan fingerprint density at radius 1 is 0.333 bits per heavy atom. The van der Waals surface area contributed by atoms with Crippen molar-refractivity contribution < 1.29 is 21.7 Å². The molecule has 0 aliphatic heterocycles. The van der Waals surface area contributed by atoms with Crippen LogP contribution in [0, 0.1) is 64.2 Å². The van der Waals surface area contributed by atoms with E-state index >= 15 is 0 Å². The summed E-state index contributed by atoms with van der Waals surface area (Å²) >= 11 is 10.3. The molecule has 33 heavy (non-hydrogen) atoms. The molecular formula is C30H24S2Ti+2. The minimum atomic E-state index is 0. The van der Waals surface area contributed by atoms with Crippen molar-refractivity contribution in [3.05, 3.63) is 149 Å². The Bertz CT molecular complexity index is 956. The SMILES string of the molecule is [CH]1[CH][CH][CH][CH]1.[CH]1[CH][CH][CH][CH]1.[S-]c1cccc2ccccc12.[S-]c1cccc2ccccc12.[Ti+4]. The second kappa shape index (κ2) is 16.2. The van der Waals surface area contributed by atoms with Crippen molar-refractivity contribution in [3.8, 4) is 0 Å². The van der Waals surface area contributed by atoms with Gasteiger partial charge in [-0.05, 0) is 85.8 Å². The minimum Gasteiger partial charge on any atom is -0.779 e. The van der Waals surface area contributed by atoms with Gasteiger partial charge < -0.3 is 25.3 Å². The van der Waals surface area contributed by atoms with Crippen molar-refractivity contribution >= 4 is 46.8 Å². The Balaban J connectivity index is 0.000000164. The Morgan fingerprint density at radius 2 is 0.606 bits per heavy atom. The summed E-state index contributed by atoms with van der Waals surface area (Å²) in [7, 11) is 0. The molecule has 0 amide bonds. The first-order chi connectivity index (χ1) is 15.8. The molecule has 10 radical (unpaired) electrons. The van der Waals surface area contributed by atoms with Gasteiger partial charge in [-0.15, -0.1) is 0 Å². The average Bonchev–Trinajstić information content (AvgIpc) is 3.60. The van der Waals surface area contributed by atoms with Crippen LogP contribution in [0.1, 0.15) is 0 Å². The van der Waals surface area contributed by atoms with E-state index < -0.39 is 0 Å². The molecule has 0 spiro atoms. The number of hydrogen-bond acceptors (Lipinski definition) is 2. The molecule has 0 nitrogen and oxygen atoms in total. The van der Waals surface area contributed by atoms with E-state index in [2.05, 4.69) is 36.4 Å². The van der Waals surface area contributed by atoms with Gasteiger partial charge in [-0.3, -0.25) is 0 Å². The second-order valence-electron chi connectivity index (χ2n) is 6.88. The molecule has 0 unspecified atom stereocenters. The maximum atomic E-state index is 5.15. The van der Waals surface area contributed by atoms with Crippen LogP contribution in [-0.4, -0.2) is 0 Å². The third-order valence-electron chi connectivity index (χ3n) is 4.61. The number of fused-ring (bicyclic) bond motifs is 2. The van der Waals surface area contributed by atoms with Crippen molar-refractivity contribution in [2.45, 2.75) is 9.79 Å². The van der Waals surface area contributed by atoms with Gasteiger partial charge in [0.05, 0.1) is 0 Å². The normalized spacial score (nSPS) is 14.1. The molecule has 0 saturated heterocycles. The molecule has 0 aromatic heterocycles. The smallest absolute Gasteiger partial charge is 0.779 e. The van der Waals surface area contributed by atoms with Crippen LogP contribution >= 0.6 is 0 Å². The van der Waals surface area contributed by atoms with Crippen LogP contribution in [0.3, 0.4) is 0 Å². The monoisotopic (exact) mass is 496 g/mol. The van der Waals surface area contributed by atoms with Crippen molar-refractivity contribution in [1.29, 1.82) is 0 Å². The summed E-state index contributed by atoms with van der Waals surface area (Å²) in [6, 6.07) is 28.4. The van der Waals surface area contributed by atoms with Gasteiger partial charge in [0, 0.05) is 0 Å². The molecule has 2 saturated carbocycles. The molecule has 2 fully saturated rings. The zero-order valence-electron chi connectivity index (χ0n) is 18.2. The average molecular weight is 497 g/mol. The Morgan fingerprint density at radius 3 is 0.909 bits per heavy atom. The molecule has 0 bridgehead atoms. The van der Waals surface area contributed by atoms with Gasteiger partial charge in [0.2, 0.25) is 0 Å². The van der Waals surface area contributed by atoms with Crippen LogP contribution in [0.4, 0.5) is 0 Å². The molecule has 4 aromatic rings. The predicted molar refractivity (Wildman–Crippen MR) is 142 cm³/mol. The van der Waals surface area contributed by atoms with E-state index in [9.17, 15) is 0 Å². The van der Waals surface area contributed by atoms with Crippen molar-refractivity contribution in [2.75, 3.05) is 0 Å². The van der Waals surface area contributed by atoms with Gasteiger partial charge in [0.25, 0.3) is 0 Å². The van der Waals surface area contributed by atoms with E-state index in [0.29, 0.717) is 0 Å². The number of rotatable bonds is 0. The first-order valence-electron chi connectivity index (χ1n) is 10.4. The molecule has 3 heteroatoms. The fourth-order valence-corrected chi connectivity index (χ4v) is 3.56. The Labute approximate surface area is 226 Å². The standard InChI is InChI=1S/2C10H8S.2C5H5.Ti/c2*11-10-7-3-5-8-4-1-2-6-9(8)10;2*1-2-4-5-3-1;/h2*1-7,11H;2*1-5H;/q;;;;+4/p-2. The number of benzene rings is 4. The maximum absolute atomic E-state index is 5.15. The molecule has 6 rings (SSSR count). The van der Waals surface area contributed by atoms with Gasteiger partial charge in [-0.2, -0.15) is 9.79 Å². The third-order valence-corrected chi connectivity index (χ3v) is 5.32. The van der Waals surface area contributed by atoms with Gasteiger partial charge in [-0.1, -0.05) is 84.9 Å². The fraction of sp³-hybridized carbons (Fsp3) is 0. The summed E-state index contributed by atoms with van der Waals surface area (Å²) in [5.41, 5.74) is 0. The molecular weight excluding hydrogens is 472 g/mol. The molecule has 2 aliphatic rings. The molecule has 0 heterocycles. The topological polar surface area (TPSA) is 0 Å². The summed E-state index contributed by atoms with van der Waals surface area (Å²) in [6.45, 7) is 0. The van der Waals surface area contributed by atoms with Crippen LogP contribution in [0.2, 0.25) is 0 Å². The zero-order chi connectivity index (χ0) is 22.4. The minimum absolute atomic E-state index is 0. The van der Waals surface area contributed by atoms with Crippen LogP contribution in [0.15, 0.2) is 94.7 Å². The van der Waals surface area contributed by atoms with Crippen molar-refractivity contribution in [3.63, 3.8) is 0 Å². The molecule has 0 atom stereocenters. The Hall–Kier alpha value is -1.45. The molecule has 158 valence electrons. The molecule has 4 aromatic carbocycles. The molecule has 2 aliphatic carbocycles. The van der Waals surface area contributed by atoms with E-state index in [1.54, 1.807) is 0 Å². The van der Waals surface area contributed by atoms with Crippen molar-refractivity contribution in [2.24, 2.45) is 0 Å². The van der Waals surface area contributed by atoms with E-state index in [0.717, 1.165) is 9.79 Å². The largest absolute Gasteiger partial charge is 4.00 e. The van der Waals surface area contributed by atoms with Gasteiger partial charge >= 0.3 is 21.7 Å². The summed E-state index contributed by atoms with van der Waals surface area (Å²) in [4.78, 5) is 1.87. The molecule has 0 N–H and O–H groups in total. The first kappa shape index (κ1) is 27.8. The van der Waals surface area contributed by atoms with E-state index in [1.165, 1.54) is 21.5 Å². The zero-order valence-corrected chi connectivity index (χ0v) is 21.4. The van der Waals surface area contributed by atoms with E-state index in [-0.39, 0.29) is 21.7 Å². The maximum Gasteiger partial charge on any atom is 4.00 e. The fourth-order valence-electron chi connectivity index (χ4n) is 3.03. The summed E-state index contributed by atoms with van der Waals surface area (Å²) in [5.74, 6) is 0. The van der Waals surface area contributed by atoms with Gasteiger partial charge in [0.1, 0.15) is 0 Å². The Kier molecular flexibility index (Phi) is 13.7. The van der Waals surface area contributed by atoms with Crippen LogP contribution in [0.25, 0.3) is 21.5 Å². The van der Waals surface area contributed by atoms with E-state index in [4.69, 9.17) is 25.3 Å². The third kappa shape index (κ3) is 9.75. The second-order valence-corrected chi connectivity index (χ2v) is 7.76. The van der Waals surface area contributed by atoms with Gasteiger partial charge in [0.15, 0.2) is 0 Å². The van der Waals surface area contributed by atoms with Crippen LogP contribution in [0.5, 0.6) is 0 Å². The van der Waals surface area contributed by atoms with Crippen LogP contribution in [-0.2, 0) is 47.0 Å². The summed E-state index contributed by atoms with van der Waals surface area (Å²) in [6.07, 6.45) is 20.0. The van der Waals surface area contributed by atoms with Crippen molar-refractivity contribution in [1.82, 2.24) is 0 Å². The quantitative estimate of drug-likeness (QED) is 0.182. The van der Waals surface area contributed by atoms with Gasteiger partial charge in [-0.25, -0.2) is 0 Å². The summed E-state index contributed by atoms with van der Waals surface area (Å²) < 4.78 is 0. The first-order valence-corrected chi connectivity index (χ1v) is 11.2.